The molecule has 0 aromatic heterocycles. The quantitative estimate of drug-likeness (QED) is 0.562. The first kappa shape index (κ1) is 11.5. The molecule has 0 spiro atoms. The standard InChI is InChI=1S/C12H18ClN/c1-2-3-9-14-12(10-13)11-7-5-4-6-8-11/h4-8,12,14H,2-3,9-10H2,1H3. The molecule has 0 aliphatic heterocycles. The molecule has 1 aromatic rings. The van der Waals surface area contributed by atoms with Crippen LogP contribution in [0, 0.1) is 0 Å². The van der Waals surface area contributed by atoms with E-state index >= 15 is 0 Å². The zero-order valence-electron chi connectivity index (χ0n) is 8.67. The van der Waals surface area contributed by atoms with Crippen LogP contribution in [0.3, 0.4) is 0 Å². The minimum atomic E-state index is 0.296. The molecular formula is C12H18ClN. The maximum atomic E-state index is 5.92. The highest BCUT2D eigenvalue weighted by Crippen LogP contribution is 2.13. The molecule has 14 heavy (non-hydrogen) atoms. The number of hydrogen-bond acceptors (Lipinski definition) is 1. The van der Waals surface area contributed by atoms with E-state index < -0.39 is 0 Å². The van der Waals surface area contributed by atoms with Crippen LogP contribution in [0.5, 0.6) is 0 Å². The molecular weight excluding hydrogens is 194 g/mol. The van der Waals surface area contributed by atoms with Crippen molar-refractivity contribution in [2.75, 3.05) is 12.4 Å². The number of rotatable bonds is 6. The van der Waals surface area contributed by atoms with Crippen molar-refractivity contribution in [3.63, 3.8) is 0 Å². The summed E-state index contributed by atoms with van der Waals surface area (Å²) >= 11 is 5.92. The topological polar surface area (TPSA) is 12.0 Å². The van der Waals surface area contributed by atoms with Crippen LogP contribution in [0.1, 0.15) is 31.4 Å². The summed E-state index contributed by atoms with van der Waals surface area (Å²) in [5.74, 6) is 0.633. The van der Waals surface area contributed by atoms with Gasteiger partial charge in [0.15, 0.2) is 0 Å². The monoisotopic (exact) mass is 211 g/mol. The zero-order chi connectivity index (χ0) is 10.2. The fourth-order valence-electron chi connectivity index (χ4n) is 1.40. The Balaban J connectivity index is 2.46. The summed E-state index contributed by atoms with van der Waals surface area (Å²) in [6, 6.07) is 10.7. The van der Waals surface area contributed by atoms with Crippen molar-refractivity contribution >= 4 is 11.6 Å². The van der Waals surface area contributed by atoms with Crippen LogP contribution in [-0.2, 0) is 0 Å². The number of benzene rings is 1. The van der Waals surface area contributed by atoms with Crippen molar-refractivity contribution in [3.8, 4) is 0 Å². The SMILES string of the molecule is CCCCNC(CCl)c1ccccc1. The second kappa shape index (κ2) is 6.86. The summed E-state index contributed by atoms with van der Waals surface area (Å²) < 4.78 is 0. The Labute approximate surface area is 91.5 Å². The Morgan fingerprint density at radius 1 is 1.29 bits per heavy atom. The molecule has 1 aromatic carbocycles. The van der Waals surface area contributed by atoms with E-state index in [9.17, 15) is 0 Å². The van der Waals surface area contributed by atoms with Crippen molar-refractivity contribution in [1.82, 2.24) is 5.32 Å². The Hall–Kier alpha value is -0.530. The minimum Gasteiger partial charge on any atom is -0.309 e. The Kier molecular flexibility index (Phi) is 5.65. The molecule has 78 valence electrons. The second-order valence-corrected chi connectivity index (χ2v) is 3.73. The van der Waals surface area contributed by atoms with Crippen molar-refractivity contribution in [2.45, 2.75) is 25.8 Å². The van der Waals surface area contributed by atoms with Gasteiger partial charge in [0.1, 0.15) is 0 Å². The summed E-state index contributed by atoms with van der Waals surface area (Å²) in [5.41, 5.74) is 1.28. The maximum Gasteiger partial charge on any atom is 0.0457 e. The third-order valence-corrected chi connectivity index (χ3v) is 2.59. The summed E-state index contributed by atoms with van der Waals surface area (Å²) in [7, 11) is 0. The van der Waals surface area contributed by atoms with Crippen LogP contribution in [0.4, 0.5) is 0 Å². The van der Waals surface area contributed by atoms with E-state index in [-0.39, 0.29) is 0 Å². The molecule has 0 aliphatic carbocycles. The largest absolute Gasteiger partial charge is 0.309 e. The second-order valence-electron chi connectivity index (χ2n) is 3.43. The van der Waals surface area contributed by atoms with Gasteiger partial charge in [-0.1, -0.05) is 43.7 Å². The van der Waals surface area contributed by atoms with E-state index in [0.29, 0.717) is 11.9 Å². The van der Waals surface area contributed by atoms with Crippen LogP contribution < -0.4 is 5.32 Å². The highest BCUT2D eigenvalue weighted by molar-refractivity contribution is 6.18. The van der Waals surface area contributed by atoms with E-state index in [4.69, 9.17) is 11.6 Å². The smallest absolute Gasteiger partial charge is 0.0457 e. The Bertz CT molecular complexity index is 235. The average Bonchev–Trinajstić information content (AvgIpc) is 2.26. The molecule has 0 radical (unpaired) electrons. The summed E-state index contributed by atoms with van der Waals surface area (Å²) in [6.45, 7) is 3.24. The van der Waals surface area contributed by atoms with Crippen LogP contribution in [0.25, 0.3) is 0 Å². The number of hydrogen-bond donors (Lipinski definition) is 1. The molecule has 0 aliphatic rings. The number of nitrogens with one attached hydrogen (secondary N) is 1. The molecule has 2 heteroatoms. The van der Waals surface area contributed by atoms with Gasteiger partial charge in [0.2, 0.25) is 0 Å². The van der Waals surface area contributed by atoms with E-state index in [1.165, 1.54) is 18.4 Å². The molecule has 1 nitrogen and oxygen atoms in total. The highest BCUT2D eigenvalue weighted by Gasteiger charge is 2.07. The Morgan fingerprint density at radius 2 is 2.00 bits per heavy atom. The highest BCUT2D eigenvalue weighted by atomic mass is 35.5. The maximum absolute atomic E-state index is 5.92. The third-order valence-electron chi connectivity index (χ3n) is 2.28. The first-order valence-electron chi connectivity index (χ1n) is 5.22. The first-order chi connectivity index (χ1) is 6.88. The lowest BCUT2D eigenvalue weighted by atomic mass is 10.1. The molecule has 1 unspecified atom stereocenters. The van der Waals surface area contributed by atoms with Gasteiger partial charge in [-0.3, -0.25) is 0 Å². The fraction of sp³-hybridized carbons (Fsp3) is 0.500. The van der Waals surface area contributed by atoms with Crippen LogP contribution in [-0.4, -0.2) is 12.4 Å². The van der Waals surface area contributed by atoms with E-state index in [1.807, 2.05) is 6.07 Å². The molecule has 1 rings (SSSR count). The van der Waals surface area contributed by atoms with Gasteiger partial charge in [-0.15, -0.1) is 11.6 Å². The number of unbranched alkanes of at least 4 members (excludes halogenated alkanes) is 1. The van der Waals surface area contributed by atoms with Crippen LogP contribution in [0.2, 0.25) is 0 Å². The van der Waals surface area contributed by atoms with Crippen molar-refractivity contribution < 1.29 is 0 Å². The fourth-order valence-corrected chi connectivity index (χ4v) is 1.69. The van der Waals surface area contributed by atoms with Crippen LogP contribution in [0.15, 0.2) is 30.3 Å². The molecule has 1 atom stereocenters. The van der Waals surface area contributed by atoms with Gasteiger partial charge in [0.25, 0.3) is 0 Å². The summed E-state index contributed by atoms with van der Waals surface area (Å²) in [6.07, 6.45) is 2.43. The van der Waals surface area contributed by atoms with Gasteiger partial charge in [-0.2, -0.15) is 0 Å². The van der Waals surface area contributed by atoms with Gasteiger partial charge >= 0.3 is 0 Å². The normalized spacial score (nSPS) is 12.7. The summed E-state index contributed by atoms with van der Waals surface area (Å²) in [5, 5.41) is 3.45. The molecule has 0 bridgehead atoms. The predicted molar refractivity (Wildman–Crippen MR) is 62.8 cm³/mol. The van der Waals surface area contributed by atoms with Gasteiger partial charge in [0, 0.05) is 11.9 Å². The molecule has 0 saturated carbocycles. The van der Waals surface area contributed by atoms with E-state index in [0.717, 1.165) is 6.54 Å². The minimum absolute atomic E-state index is 0.296. The van der Waals surface area contributed by atoms with Gasteiger partial charge in [-0.05, 0) is 18.5 Å². The van der Waals surface area contributed by atoms with Gasteiger partial charge in [0.05, 0.1) is 0 Å². The van der Waals surface area contributed by atoms with Gasteiger partial charge in [-0.25, -0.2) is 0 Å². The molecule has 0 heterocycles. The van der Waals surface area contributed by atoms with Crippen LogP contribution >= 0.6 is 11.6 Å². The third kappa shape index (κ3) is 3.69. The molecule has 0 saturated heterocycles. The lowest BCUT2D eigenvalue weighted by Crippen LogP contribution is -2.23. The average molecular weight is 212 g/mol. The Morgan fingerprint density at radius 3 is 2.57 bits per heavy atom. The van der Waals surface area contributed by atoms with Gasteiger partial charge < -0.3 is 5.32 Å². The van der Waals surface area contributed by atoms with Crippen molar-refractivity contribution in [2.24, 2.45) is 0 Å². The van der Waals surface area contributed by atoms with E-state index in [1.54, 1.807) is 0 Å². The lowest BCUT2D eigenvalue weighted by Gasteiger charge is -2.15. The lowest BCUT2D eigenvalue weighted by molar-refractivity contribution is 0.558. The number of halogens is 1. The molecule has 0 fully saturated rings. The van der Waals surface area contributed by atoms with Crippen molar-refractivity contribution in [1.29, 1.82) is 0 Å². The van der Waals surface area contributed by atoms with Crippen molar-refractivity contribution in [3.05, 3.63) is 35.9 Å². The molecule has 0 amide bonds. The summed E-state index contributed by atoms with van der Waals surface area (Å²) in [4.78, 5) is 0. The molecule has 1 N–H and O–H groups in total. The predicted octanol–water partition coefficient (Wildman–Crippen LogP) is 3.36. The number of alkyl halides is 1. The zero-order valence-corrected chi connectivity index (χ0v) is 9.43. The first-order valence-corrected chi connectivity index (χ1v) is 5.76. The van der Waals surface area contributed by atoms with E-state index in [2.05, 4.69) is 36.5 Å².